The number of halogens is 4. The smallest absolute Gasteiger partial charge is 0.236 e. The molecule has 0 atom stereocenters. The molecule has 2 nitrogen and oxygen atoms in total. The topological polar surface area (TPSA) is 25.8 Å². The van der Waals surface area contributed by atoms with E-state index in [2.05, 4.69) is 9.97 Å². The lowest BCUT2D eigenvalue weighted by atomic mass is 9.91. The van der Waals surface area contributed by atoms with Gasteiger partial charge in [0.25, 0.3) is 0 Å². The maximum absolute atomic E-state index is 13.7. The van der Waals surface area contributed by atoms with Crippen LogP contribution in [0.1, 0.15) is 18.3 Å². The SMILES string of the molecule is CC1=CC=C(c2ncc(C)cn2)C(F)(F)C1(F)F. The van der Waals surface area contributed by atoms with Gasteiger partial charge in [-0.15, -0.1) is 0 Å². The second-order valence-corrected chi connectivity index (χ2v) is 4.16. The van der Waals surface area contributed by atoms with Crippen LogP contribution in [0.15, 0.2) is 30.1 Å². The van der Waals surface area contributed by atoms with E-state index in [0.717, 1.165) is 19.1 Å². The Hall–Kier alpha value is -1.72. The Bertz CT molecular complexity index is 530. The molecular weight excluding hydrogens is 248 g/mol. The first-order chi connectivity index (χ1) is 8.26. The van der Waals surface area contributed by atoms with Crippen LogP contribution in [0.3, 0.4) is 0 Å². The van der Waals surface area contributed by atoms with Crippen molar-refractivity contribution in [3.63, 3.8) is 0 Å². The summed E-state index contributed by atoms with van der Waals surface area (Å²) in [5, 5.41) is 0. The van der Waals surface area contributed by atoms with Crippen molar-refractivity contribution in [2.45, 2.75) is 25.7 Å². The molecule has 0 spiro atoms. The number of rotatable bonds is 1. The van der Waals surface area contributed by atoms with Gasteiger partial charge in [0.1, 0.15) is 0 Å². The normalized spacial score (nSPS) is 21.2. The van der Waals surface area contributed by atoms with Gasteiger partial charge in [0.15, 0.2) is 5.82 Å². The van der Waals surface area contributed by atoms with Crippen LogP contribution < -0.4 is 0 Å². The highest BCUT2D eigenvalue weighted by atomic mass is 19.3. The molecule has 0 N–H and O–H groups in total. The molecule has 1 aromatic rings. The van der Waals surface area contributed by atoms with Crippen LogP contribution in [0.2, 0.25) is 0 Å². The van der Waals surface area contributed by atoms with Crippen LogP contribution in [-0.4, -0.2) is 21.8 Å². The summed E-state index contributed by atoms with van der Waals surface area (Å²) in [6.07, 6.45) is 4.53. The Morgan fingerprint density at radius 1 is 0.889 bits per heavy atom. The van der Waals surface area contributed by atoms with E-state index in [1.807, 2.05) is 0 Å². The number of hydrogen-bond donors (Lipinski definition) is 0. The quantitative estimate of drug-likeness (QED) is 0.721. The molecule has 96 valence electrons. The van der Waals surface area contributed by atoms with Gasteiger partial charge in [-0.3, -0.25) is 0 Å². The fourth-order valence-corrected chi connectivity index (χ4v) is 1.58. The van der Waals surface area contributed by atoms with Gasteiger partial charge in [-0.1, -0.05) is 6.08 Å². The molecule has 0 aliphatic heterocycles. The summed E-state index contributed by atoms with van der Waals surface area (Å²) in [6, 6.07) is 0. The number of allylic oxidation sites excluding steroid dienone is 4. The van der Waals surface area contributed by atoms with Gasteiger partial charge >= 0.3 is 11.8 Å². The molecule has 0 radical (unpaired) electrons. The molecule has 1 aromatic heterocycles. The minimum absolute atomic E-state index is 0.381. The predicted octanol–water partition coefficient (Wildman–Crippen LogP) is 3.40. The van der Waals surface area contributed by atoms with Crippen LogP contribution in [0, 0.1) is 6.92 Å². The number of alkyl halides is 4. The highest BCUT2D eigenvalue weighted by molar-refractivity contribution is 5.71. The van der Waals surface area contributed by atoms with Gasteiger partial charge in [0.05, 0.1) is 5.57 Å². The molecule has 1 aliphatic rings. The summed E-state index contributed by atoms with van der Waals surface area (Å²) in [7, 11) is 0. The van der Waals surface area contributed by atoms with E-state index >= 15 is 0 Å². The Balaban J connectivity index is 2.54. The van der Waals surface area contributed by atoms with Crippen molar-refractivity contribution in [1.29, 1.82) is 0 Å². The third-order valence-electron chi connectivity index (χ3n) is 2.75. The van der Waals surface area contributed by atoms with Crippen LogP contribution in [-0.2, 0) is 0 Å². The van der Waals surface area contributed by atoms with Crippen molar-refractivity contribution in [3.8, 4) is 0 Å². The zero-order valence-corrected chi connectivity index (χ0v) is 9.72. The molecule has 0 aromatic carbocycles. The Morgan fingerprint density at radius 3 is 2.00 bits per heavy atom. The van der Waals surface area contributed by atoms with Gasteiger partial charge in [0.2, 0.25) is 0 Å². The summed E-state index contributed by atoms with van der Waals surface area (Å²) in [5.74, 6) is -8.90. The van der Waals surface area contributed by atoms with E-state index in [-0.39, 0.29) is 5.82 Å². The summed E-state index contributed by atoms with van der Waals surface area (Å²) >= 11 is 0. The number of nitrogens with zero attached hydrogens (tertiary/aromatic N) is 2. The van der Waals surface area contributed by atoms with Gasteiger partial charge < -0.3 is 0 Å². The fraction of sp³-hybridized carbons (Fsp3) is 0.333. The molecule has 0 saturated heterocycles. The first-order valence-electron chi connectivity index (χ1n) is 5.21. The van der Waals surface area contributed by atoms with Crippen molar-refractivity contribution in [3.05, 3.63) is 41.5 Å². The van der Waals surface area contributed by atoms with E-state index in [9.17, 15) is 17.6 Å². The highest BCUT2D eigenvalue weighted by Gasteiger charge is 2.61. The van der Waals surface area contributed by atoms with Gasteiger partial charge in [0, 0.05) is 18.0 Å². The summed E-state index contributed by atoms with van der Waals surface area (Å²) in [6.45, 7) is 2.65. The van der Waals surface area contributed by atoms with Crippen molar-refractivity contribution in [2.24, 2.45) is 0 Å². The van der Waals surface area contributed by atoms with Crippen molar-refractivity contribution >= 4 is 5.57 Å². The molecule has 0 bridgehead atoms. The average molecular weight is 258 g/mol. The van der Waals surface area contributed by atoms with Crippen LogP contribution in [0.5, 0.6) is 0 Å². The predicted molar refractivity (Wildman–Crippen MR) is 58.4 cm³/mol. The standard InChI is InChI=1S/C12H10F4N2/c1-7-5-17-10(18-6-7)9-4-3-8(2)11(13,14)12(9,15)16/h3-6H,1-2H3. The minimum atomic E-state index is -4.30. The Kier molecular flexibility index (Phi) is 2.76. The monoisotopic (exact) mass is 258 g/mol. The zero-order chi connectivity index (χ0) is 13.6. The third kappa shape index (κ3) is 1.72. The van der Waals surface area contributed by atoms with E-state index in [1.54, 1.807) is 6.92 Å². The third-order valence-corrected chi connectivity index (χ3v) is 2.75. The lowest BCUT2D eigenvalue weighted by molar-refractivity contribution is -0.148. The van der Waals surface area contributed by atoms with Crippen molar-refractivity contribution in [2.75, 3.05) is 0 Å². The minimum Gasteiger partial charge on any atom is -0.236 e. The fourth-order valence-electron chi connectivity index (χ4n) is 1.58. The van der Waals surface area contributed by atoms with E-state index < -0.39 is 23.0 Å². The summed E-state index contributed by atoms with van der Waals surface area (Å²) in [5.41, 5.74) is -0.876. The second-order valence-electron chi connectivity index (χ2n) is 4.16. The zero-order valence-electron chi connectivity index (χ0n) is 9.72. The van der Waals surface area contributed by atoms with E-state index in [0.29, 0.717) is 5.56 Å². The van der Waals surface area contributed by atoms with Gasteiger partial charge in [-0.05, 0) is 25.5 Å². The second kappa shape index (κ2) is 3.90. The van der Waals surface area contributed by atoms with Crippen LogP contribution >= 0.6 is 0 Å². The molecule has 6 heteroatoms. The van der Waals surface area contributed by atoms with Gasteiger partial charge in [-0.25, -0.2) is 9.97 Å². The largest absolute Gasteiger partial charge is 0.343 e. The average Bonchev–Trinajstić information content (AvgIpc) is 2.29. The Morgan fingerprint density at radius 2 is 1.44 bits per heavy atom. The van der Waals surface area contributed by atoms with Crippen molar-refractivity contribution in [1.82, 2.24) is 9.97 Å². The number of aromatic nitrogens is 2. The lowest BCUT2D eigenvalue weighted by Crippen LogP contribution is -2.44. The number of aryl methyl sites for hydroxylation is 1. The van der Waals surface area contributed by atoms with E-state index in [1.165, 1.54) is 12.4 Å². The first kappa shape index (κ1) is 12.7. The molecule has 0 fully saturated rings. The van der Waals surface area contributed by atoms with Crippen LogP contribution in [0.25, 0.3) is 5.57 Å². The molecule has 0 saturated carbocycles. The van der Waals surface area contributed by atoms with E-state index in [4.69, 9.17) is 0 Å². The molecular formula is C12H10F4N2. The summed E-state index contributed by atoms with van der Waals surface area (Å²) < 4.78 is 54.4. The maximum Gasteiger partial charge on any atom is 0.343 e. The maximum atomic E-state index is 13.7. The summed E-state index contributed by atoms with van der Waals surface area (Å²) in [4.78, 5) is 7.33. The Labute approximate surface area is 101 Å². The molecule has 2 rings (SSSR count). The number of hydrogen-bond acceptors (Lipinski definition) is 2. The van der Waals surface area contributed by atoms with Gasteiger partial charge in [-0.2, -0.15) is 17.6 Å². The highest BCUT2D eigenvalue weighted by Crippen LogP contribution is 2.49. The lowest BCUT2D eigenvalue weighted by Gasteiger charge is -2.31. The van der Waals surface area contributed by atoms with Crippen molar-refractivity contribution < 1.29 is 17.6 Å². The molecule has 1 heterocycles. The molecule has 1 aliphatic carbocycles. The molecule has 18 heavy (non-hydrogen) atoms. The molecule has 0 amide bonds. The van der Waals surface area contributed by atoms with Crippen LogP contribution in [0.4, 0.5) is 17.6 Å². The first-order valence-corrected chi connectivity index (χ1v) is 5.21. The molecule has 0 unspecified atom stereocenters.